The van der Waals surface area contributed by atoms with Crippen molar-refractivity contribution in [1.29, 1.82) is 0 Å². The quantitative estimate of drug-likeness (QED) is 0.400. The van der Waals surface area contributed by atoms with Crippen LogP contribution in [0.25, 0.3) is 0 Å². The van der Waals surface area contributed by atoms with Crippen molar-refractivity contribution in [2.75, 3.05) is 0 Å². The average Bonchev–Trinajstić information content (AvgIpc) is 2.01. The summed E-state index contributed by atoms with van der Waals surface area (Å²) < 4.78 is 0. The van der Waals surface area contributed by atoms with Gasteiger partial charge in [0.2, 0.25) is 0 Å². The lowest BCUT2D eigenvalue weighted by atomic mass is 9.42. The van der Waals surface area contributed by atoms with E-state index in [0.717, 1.165) is 6.71 Å². The molecule has 0 aliphatic rings. The Hall–Kier alpha value is -0.195. The van der Waals surface area contributed by atoms with E-state index in [1.165, 1.54) is 31.8 Å². The van der Waals surface area contributed by atoms with Crippen LogP contribution in [0.2, 0.25) is 19.0 Å². The zero-order valence-electron chi connectivity index (χ0n) is 8.27. The molecule has 0 N–H and O–H groups in total. The first kappa shape index (κ1) is 10.8. The van der Waals surface area contributed by atoms with Crippen LogP contribution < -0.4 is 0 Å². The van der Waals surface area contributed by atoms with E-state index in [1.54, 1.807) is 0 Å². The molecule has 0 aliphatic heterocycles. The summed E-state index contributed by atoms with van der Waals surface area (Å²) in [5, 5.41) is 0. The van der Waals surface area contributed by atoms with Crippen molar-refractivity contribution >= 4 is 6.71 Å². The molecule has 0 atom stereocenters. The highest BCUT2D eigenvalue weighted by Crippen LogP contribution is 2.10. The molecule has 1 heteroatoms. The average molecular weight is 152 g/mol. The van der Waals surface area contributed by atoms with Crippen molar-refractivity contribution in [3.8, 4) is 0 Å². The summed E-state index contributed by atoms with van der Waals surface area (Å²) in [5.41, 5.74) is 0. The molecule has 0 saturated carbocycles. The molecule has 0 amide bonds. The van der Waals surface area contributed by atoms with Crippen molar-refractivity contribution in [3.63, 3.8) is 0 Å². The molecule has 64 valence electrons. The Labute approximate surface area is 72.2 Å². The summed E-state index contributed by atoms with van der Waals surface area (Å²) in [6.45, 7) is 7.60. The van der Waals surface area contributed by atoms with E-state index in [-0.39, 0.29) is 0 Å². The first-order valence-electron chi connectivity index (χ1n) is 4.96. The van der Waals surface area contributed by atoms with Crippen molar-refractivity contribution in [2.24, 2.45) is 0 Å². The largest absolute Gasteiger partial charge is 0.143 e. The first-order valence-corrected chi connectivity index (χ1v) is 4.96. The van der Waals surface area contributed by atoms with Crippen LogP contribution in [0, 0.1) is 0 Å². The van der Waals surface area contributed by atoms with Crippen molar-refractivity contribution in [1.82, 2.24) is 0 Å². The maximum absolute atomic E-state index is 2.30. The molecule has 0 aromatic heterocycles. The molecule has 0 fully saturated rings. The van der Waals surface area contributed by atoms with Gasteiger partial charge in [0, 0.05) is 0 Å². The molecule has 0 aliphatic carbocycles. The molecule has 0 aromatic rings. The third-order valence-electron chi connectivity index (χ3n) is 2.10. The third-order valence-corrected chi connectivity index (χ3v) is 2.10. The molecule has 0 aromatic carbocycles. The fourth-order valence-corrected chi connectivity index (χ4v) is 1.53. The standard InChI is InChI=1S/C10H21B/c1-4-7-10-11(8-5-2)9-6-3/h4,7H,5-6,8-10H2,1-3H3/b7-4+. The number of allylic oxidation sites excluding steroid dienone is 2. The van der Waals surface area contributed by atoms with E-state index in [4.69, 9.17) is 0 Å². The monoisotopic (exact) mass is 152 g/mol. The van der Waals surface area contributed by atoms with Gasteiger partial charge in [-0.15, -0.1) is 0 Å². The van der Waals surface area contributed by atoms with Gasteiger partial charge in [0.1, 0.15) is 6.71 Å². The van der Waals surface area contributed by atoms with Crippen LogP contribution in [-0.4, -0.2) is 6.71 Å². The van der Waals surface area contributed by atoms with Gasteiger partial charge in [0.05, 0.1) is 0 Å². The lowest BCUT2D eigenvalue weighted by Crippen LogP contribution is -2.09. The first-order chi connectivity index (χ1) is 5.35. The maximum Gasteiger partial charge on any atom is 0.143 e. The van der Waals surface area contributed by atoms with Crippen molar-refractivity contribution < 1.29 is 0 Å². The minimum Gasteiger partial charge on any atom is -0.0960 e. The highest BCUT2D eigenvalue weighted by Gasteiger charge is 2.07. The van der Waals surface area contributed by atoms with Crippen LogP contribution in [0.1, 0.15) is 33.6 Å². The van der Waals surface area contributed by atoms with E-state index < -0.39 is 0 Å². The Morgan fingerprint density at radius 3 is 2.00 bits per heavy atom. The van der Waals surface area contributed by atoms with E-state index in [1.807, 2.05) is 0 Å². The van der Waals surface area contributed by atoms with Gasteiger partial charge < -0.3 is 0 Å². The van der Waals surface area contributed by atoms with Crippen LogP contribution in [0.4, 0.5) is 0 Å². The number of hydrogen-bond acceptors (Lipinski definition) is 0. The number of hydrogen-bond donors (Lipinski definition) is 0. The van der Waals surface area contributed by atoms with Gasteiger partial charge >= 0.3 is 0 Å². The molecule has 0 radical (unpaired) electrons. The van der Waals surface area contributed by atoms with Gasteiger partial charge in [-0.3, -0.25) is 0 Å². The number of rotatable bonds is 6. The maximum atomic E-state index is 2.30. The van der Waals surface area contributed by atoms with Crippen LogP contribution in [0.3, 0.4) is 0 Å². The second kappa shape index (κ2) is 7.91. The van der Waals surface area contributed by atoms with Crippen LogP contribution >= 0.6 is 0 Å². The normalized spacial score (nSPS) is 10.8. The summed E-state index contributed by atoms with van der Waals surface area (Å²) in [6.07, 6.45) is 11.2. The van der Waals surface area contributed by atoms with Crippen molar-refractivity contribution in [3.05, 3.63) is 12.2 Å². The van der Waals surface area contributed by atoms with Gasteiger partial charge in [0.15, 0.2) is 0 Å². The van der Waals surface area contributed by atoms with Gasteiger partial charge in [-0.2, -0.15) is 0 Å². The molecule has 0 spiro atoms. The zero-order valence-corrected chi connectivity index (χ0v) is 8.27. The minimum absolute atomic E-state index is 0.946. The lowest BCUT2D eigenvalue weighted by molar-refractivity contribution is 0.999. The topological polar surface area (TPSA) is 0 Å². The summed E-state index contributed by atoms with van der Waals surface area (Å²) in [7, 11) is 0. The summed E-state index contributed by atoms with van der Waals surface area (Å²) in [6, 6.07) is 0. The van der Waals surface area contributed by atoms with E-state index in [2.05, 4.69) is 32.9 Å². The van der Waals surface area contributed by atoms with Gasteiger partial charge in [0.25, 0.3) is 0 Å². The molecular formula is C10H21B. The van der Waals surface area contributed by atoms with Crippen molar-refractivity contribution in [2.45, 2.75) is 52.6 Å². The van der Waals surface area contributed by atoms with E-state index in [9.17, 15) is 0 Å². The molecule has 11 heavy (non-hydrogen) atoms. The SMILES string of the molecule is C/C=C/CB(CCC)CCC. The van der Waals surface area contributed by atoms with Crippen LogP contribution in [0.5, 0.6) is 0 Å². The zero-order chi connectivity index (χ0) is 8.53. The summed E-state index contributed by atoms with van der Waals surface area (Å²) >= 11 is 0. The predicted molar refractivity (Wildman–Crippen MR) is 55.6 cm³/mol. The molecule has 0 rings (SSSR count). The van der Waals surface area contributed by atoms with Gasteiger partial charge in [-0.25, -0.2) is 0 Å². The molecule has 0 unspecified atom stereocenters. The second-order valence-corrected chi connectivity index (χ2v) is 3.25. The molecule has 0 nitrogen and oxygen atoms in total. The molecular weight excluding hydrogens is 131 g/mol. The van der Waals surface area contributed by atoms with Crippen LogP contribution in [0.15, 0.2) is 12.2 Å². The fourth-order valence-electron chi connectivity index (χ4n) is 1.53. The minimum atomic E-state index is 0.946. The van der Waals surface area contributed by atoms with Crippen LogP contribution in [-0.2, 0) is 0 Å². The Kier molecular flexibility index (Phi) is 7.77. The molecule has 0 bridgehead atoms. The molecule has 0 saturated heterocycles. The summed E-state index contributed by atoms with van der Waals surface area (Å²) in [5.74, 6) is 0. The smallest absolute Gasteiger partial charge is 0.0960 e. The summed E-state index contributed by atoms with van der Waals surface area (Å²) in [4.78, 5) is 0. The Balaban J connectivity index is 3.50. The highest BCUT2D eigenvalue weighted by molar-refractivity contribution is 6.59. The highest BCUT2D eigenvalue weighted by atomic mass is 13.8. The van der Waals surface area contributed by atoms with E-state index >= 15 is 0 Å². The fraction of sp³-hybridized carbons (Fsp3) is 0.800. The lowest BCUT2D eigenvalue weighted by Gasteiger charge is -2.07. The third kappa shape index (κ3) is 6.21. The van der Waals surface area contributed by atoms with Gasteiger partial charge in [-0.1, -0.05) is 57.8 Å². The molecule has 0 heterocycles. The predicted octanol–water partition coefficient (Wildman–Crippen LogP) is 3.88. The Bertz CT molecular complexity index is 91.0. The van der Waals surface area contributed by atoms with E-state index in [0.29, 0.717) is 0 Å². The Morgan fingerprint density at radius 2 is 1.64 bits per heavy atom. The second-order valence-electron chi connectivity index (χ2n) is 3.25. The van der Waals surface area contributed by atoms with Gasteiger partial charge in [-0.05, 0) is 6.92 Å². The Morgan fingerprint density at radius 1 is 1.09 bits per heavy atom.